The van der Waals surface area contributed by atoms with E-state index >= 15 is 0 Å². The molecule has 1 amide bonds. The standard InChI is InChI=1S/C16H17NO3/c18-16(15-9-5-11-20-15)17(12-14-8-4-10-19-14)13-6-2-1-3-7-13/h1-3,5-7,9,11,14H,4,8,10,12H2. The van der Waals surface area contributed by atoms with E-state index in [0.29, 0.717) is 12.3 Å². The van der Waals surface area contributed by atoms with Gasteiger partial charge in [-0.25, -0.2) is 0 Å². The predicted octanol–water partition coefficient (Wildman–Crippen LogP) is 3.11. The Bertz CT molecular complexity index is 544. The summed E-state index contributed by atoms with van der Waals surface area (Å²) in [5.41, 5.74) is 0.865. The van der Waals surface area contributed by atoms with E-state index in [1.807, 2.05) is 30.3 Å². The first-order valence-electron chi connectivity index (χ1n) is 6.86. The van der Waals surface area contributed by atoms with Crippen LogP contribution in [0.1, 0.15) is 23.4 Å². The van der Waals surface area contributed by atoms with Gasteiger partial charge in [0.05, 0.1) is 18.9 Å². The minimum absolute atomic E-state index is 0.106. The molecule has 1 fully saturated rings. The van der Waals surface area contributed by atoms with Crippen LogP contribution in [-0.2, 0) is 4.74 Å². The van der Waals surface area contributed by atoms with E-state index in [1.54, 1.807) is 17.0 Å². The molecule has 0 saturated carbocycles. The third kappa shape index (κ3) is 2.75. The quantitative estimate of drug-likeness (QED) is 0.858. The number of carbonyl (C=O) groups excluding carboxylic acids is 1. The molecule has 4 nitrogen and oxygen atoms in total. The fourth-order valence-electron chi connectivity index (χ4n) is 2.44. The van der Waals surface area contributed by atoms with Gasteiger partial charge >= 0.3 is 0 Å². The second kappa shape index (κ2) is 5.92. The van der Waals surface area contributed by atoms with Crippen LogP contribution in [0.25, 0.3) is 0 Å². The Hall–Kier alpha value is -2.07. The number of furan rings is 1. The fourth-order valence-corrected chi connectivity index (χ4v) is 2.44. The van der Waals surface area contributed by atoms with Gasteiger partial charge in [-0.2, -0.15) is 0 Å². The monoisotopic (exact) mass is 271 g/mol. The second-order valence-corrected chi connectivity index (χ2v) is 4.86. The molecule has 20 heavy (non-hydrogen) atoms. The lowest BCUT2D eigenvalue weighted by Crippen LogP contribution is -2.37. The molecule has 0 spiro atoms. The minimum Gasteiger partial charge on any atom is -0.459 e. The van der Waals surface area contributed by atoms with Gasteiger partial charge in [-0.3, -0.25) is 4.79 Å². The molecule has 4 heteroatoms. The molecule has 1 aliphatic rings. The van der Waals surface area contributed by atoms with Crippen LogP contribution in [0.3, 0.4) is 0 Å². The van der Waals surface area contributed by atoms with E-state index < -0.39 is 0 Å². The molecule has 104 valence electrons. The number of benzene rings is 1. The molecule has 1 atom stereocenters. The Morgan fingerprint density at radius 1 is 1.20 bits per heavy atom. The summed E-state index contributed by atoms with van der Waals surface area (Å²) in [5, 5.41) is 0. The Labute approximate surface area is 118 Å². The fraction of sp³-hybridized carbons (Fsp3) is 0.312. The van der Waals surface area contributed by atoms with Crippen LogP contribution in [0, 0.1) is 0 Å². The summed E-state index contributed by atoms with van der Waals surface area (Å²) in [4.78, 5) is 14.3. The highest BCUT2D eigenvalue weighted by molar-refractivity contribution is 6.04. The number of rotatable bonds is 4. The van der Waals surface area contributed by atoms with E-state index in [9.17, 15) is 4.79 Å². The smallest absolute Gasteiger partial charge is 0.294 e. The molecule has 0 radical (unpaired) electrons. The topological polar surface area (TPSA) is 42.7 Å². The van der Waals surface area contributed by atoms with Crippen molar-refractivity contribution in [3.63, 3.8) is 0 Å². The zero-order valence-electron chi connectivity index (χ0n) is 11.2. The van der Waals surface area contributed by atoms with Gasteiger partial charge in [0.15, 0.2) is 5.76 Å². The van der Waals surface area contributed by atoms with Crippen molar-refractivity contribution in [3.05, 3.63) is 54.5 Å². The van der Waals surface area contributed by atoms with E-state index in [-0.39, 0.29) is 12.0 Å². The molecule has 0 aliphatic carbocycles. The molecule has 1 aromatic carbocycles. The summed E-state index contributed by atoms with van der Waals surface area (Å²) in [6.45, 7) is 1.34. The van der Waals surface area contributed by atoms with Crippen LogP contribution in [0.2, 0.25) is 0 Å². The highest BCUT2D eigenvalue weighted by atomic mass is 16.5. The van der Waals surface area contributed by atoms with E-state index in [4.69, 9.17) is 9.15 Å². The van der Waals surface area contributed by atoms with Crippen LogP contribution in [-0.4, -0.2) is 25.2 Å². The number of hydrogen-bond donors (Lipinski definition) is 0. The number of anilines is 1. The van der Waals surface area contributed by atoms with Gasteiger partial charge < -0.3 is 14.1 Å². The van der Waals surface area contributed by atoms with Crippen molar-refractivity contribution in [2.45, 2.75) is 18.9 Å². The SMILES string of the molecule is O=C(c1ccco1)N(CC1CCCO1)c1ccccc1. The van der Waals surface area contributed by atoms with Crippen molar-refractivity contribution in [2.75, 3.05) is 18.1 Å². The molecule has 3 rings (SSSR count). The van der Waals surface area contributed by atoms with Gasteiger partial charge in [0.25, 0.3) is 5.91 Å². The molecule has 2 aromatic rings. The first kappa shape index (κ1) is 12.9. The van der Waals surface area contributed by atoms with Gasteiger partial charge in [0.1, 0.15) is 0 Å². The Morgan fingerprint density at radius 2 is 2.05 bits per heavy atom. The summed E-state index contributed by atoms with van der Waals surface area (Å²) >= 11 is 0. The average Bonchev–Trinajstić information content (AvgIpc) is 3.18. The third-order valence-corrected chi connectivity index (χ3v) is 3.46. The zero-order chi connectivity index (χ0) is 13.8. The molecular weight excluding hydrogens is 254 g/mol. The lowest BCUT2D eigenvalue weighted by Gasteiger charge is -2.24. The highest BCUT2D eigenvalue weighted by Gasteiger charge is 2.25. The molecular formula is C16H17NO3. The van der Waals surface area contributed by atoms with E-state index in [0.717, 1.165) is 25.1 Å². The summed E-state index contributed by atoms with van der Waals surface area (Å²) < 4.78 is 10.9. The predicted molar refractivity (Wildman–Crippen MR) is 75.8 cm³/mol. The molecule has 0 N–H and O–H groups in total. The number of hydrogen-bond acceptors (Lipinski definition) is 3. The van der Waals surface area contributed by atoms with Crippen LogP contribution >= 0.6 is 0 Å². The number of nitrogens with zero attached hydrogens (tertiary/aromatic N) is 1. The van der Waals surface area contributed by atoms with Crippen LogP contribution in [0.5, 0.6) is 0 Å². The number of para-hydroxylation sites is 1. The van der Waals surface area contributed by atoms with Crippen molar-refractivity contribution in [3.8, 4) is 0 Å². The molecule has 1 unspecified atom stereocenters. The van der Waals surface area contributed by atoms with Gasteiger partial charge in [-0.15, -0.1) is 0 Å². The number of amides is 1. The maximum Gasteiger partial charge on any atom is 0.294 e. The average molecular weight is 271 g/mol. The summed E-state index contributed by atoms with van der Waals surface area (Å²) in [7, 11) is 0. The summed E-state index contributed by atoms with van der Waals surface area (Å²) in [5.74, 6) is 0.226. The molecule has 1 aromatic heterocycles. The maximum atomic E-state index is 12.6. The minimum atomic E-state index is -0.128. The molecule has 2 heterocycles. The Kier molecular flexibility index (Phi) is 3.83. The first-order chi connectivity index (χ1) is 9.84. The van der Waals surface area contributed by atoms with Gasteiger partial charge in [0.2, 0.25) is 0 Å². The van der Waals surface area contributed by atoms with Crippen LogP contribution < -0.4 is 4.90 Å². The van der Waals surface area contributed by atoms with Crippen molar-refractivity contribution >= 4 is 11.6 Å². The van der Waals surface area contributed by atoms with Crippen LogP contribution in [0.4, 0.5) is 5.69 Å². The number of ether oxygens (including phenoxy) is 1. The number of carbonyl (C=O) groups is 1. The summed E-state index contributed by atoms with van der Waals surface area (Å²) in [6, 6.07) is 13.0. The summed E-state index contributed by atoms with van der Waals surface area (Å²) in [6.07, 6.45) is 3.67. The second-order valence-electron chi connectivity index (χ2n) is 4.86. The Morgan fingerprint density at radius 3 is 2.70 bits per heavy atom. The van der Waals surface area contributed by atoms with Crippen molar-refractivity contribution < 1.29 is 13.9 Å². The normalized spacial score (nSPS) is 18.1. The van der Waals surface area contributed by atoms with Crippen molar-refractivity contribution in [1.82, 2.24) is 0 Å². The lowest BCUT2D eigenvalue weighted by molar-refractivity contribution is 0.0895. The highest BCUT2D eigenvalue weighted by Crippen LogP contribution is 2.21. The molecule has 1 aliphatic heterocycles. The van der Waals surface area contributed by atoms with Crippen LogP contribution in [0.15, 0.2) is 53.1 Å². The largest absolute Gasteiger partial charge is 0.459 e. The van der Waals surface area contributed by atoms with Gasteiger partial charge in [-0.1, -0.05) is 18.2 Å². The third-order valence-electron chi connectivity index (χ3n) is 3.46. The van der Waals surface area contributed by atoms with E-state index in [1.165, 1.54) is 6.26 Å². The first-order valence-corrected chi connectivity index (χ1v) is 6.86. The molecule has 0 bridgehead atoms. The molecule has 1 saturated heterocycles. The van der Waals surface area contributed by atoms with Crippen molar-refractivity contribution in [2.24, 2.45) is 0 Å². The maximum absolute atomic E-state index is 12.6. The van der Waals surface area contributed by atoms with Crippen molar-refractivity contribution in [1.29, 1.82) is 0 Å². The Balaban J connectivity index is 1.84. The van der Waals surface area contributed by atoms with Gasteiger partial charge in [0, 0.05) is 12.3 Å². The lowest BCUT2D eigenvalue weighted by atomic mass is 10.2. The zero-order valence-corrected chi connectivity index (χ0v) is 11.2. The van der Waals surface area contributed by atoms with E-state index in [2.05, 4.69) is 0 Å². The van der Waals surface area contributed by atoms with Gasteiger partial charge in [-0.05, 0) is 37.1 Å².